The number of nitrogens with zero attached hydrogens (tertiary/aromatic N) is 1. The van der Waals surface area contributed by atoms with Gasteiger partial charge >= 0.3 is 5.97 Å². The molecule has 5 nitrogen and oxygen atoms in total. The summed E-state index contributed by atoms with van der Waals surface area (Å²) in [7, 11) is 0. The van der Waals surface area contributed by atoms with Crippen LogP contribution in [0.15, 0.2) is 0 Å². The van der Waals surface area contributed by atoms with Gasteiger partial charge in [0, 0.05) is 32.5 Å². The van der Waals surface area contributed by atoms with Crippen molar-refractivity contribution in [1.82, 2.24) is 4.90 Å². The predicted octanol–water partition coefficient (Wildman–Crippen LogP) is -0.903. The molecule has 1 rings (SSSR count). The Hall–Kier alpha value is -0.940. The van der Waals surface area contributed by atoms with Gasteiger partial charge in [0.25, 0.3) is 0 Å². The molecule has 0 aliphatic carbocycles. The third kappa shape index (κ3) is 3.12. The van der Waals surface area contributed by atoms with Gasteiger partial charge in [0.05, 0.1) is 0 Å². The van der Waals surface area contributed by atoms with Crippen LogP contribution >= 0.6 is 0 Å². The Balaban J connectivity index is 2.30. The molecule has 0 aromatic heterocycles. The van der Waals surface area contributed by atoms with E-state index >= 15 is 0 Å². The number of carboxylic acids is 1. The number of Topliss-reactive ketones (excluding diaryl/α,β-unsaturated/α-hetero) is 1. The van der Waals surface area contributed by atoms with E-state index in [4.69, 9.17) is 10.2 Å². The minimum absolute atomic E-state index is 0.114. The fraction of sp³-hybridized carbons (Fsp3) is 0.750. The van der Waals surface area contributed by atoms with E-state index in [9.17, 15) is 9.59 Å². The Bertz CT molecular complexity index is 206. The second kappa shape index (κ2) is 4.34. The molecule has 0 aromatic rings. The maximum absolute atomic E-state index is 10.8. The zero-order valence-corrected chi connectivity index (χ0v) is 7.27. The lowest BCUT2D eigenvalue weighted by molar-refractivity contribution is -0.147. The number of aliphatic hydroxyl groups excluding tert-OH is 1. The van der Waals surface area contributed by atoms with Crippen LogP contribution in [0.25, 0.3) is 0 Å². The fourth-order valence-electron chi connectivity index (χ4n) is 1.31. The lowest BCUT2D eigenvalue weighted by Gasteiger charge is -2.26. The fourth-order valence-corrected chi connectivity index (χ4v) is 1.31. The van der Waals surface area contributed by atoms with E-state index in [1.54, 1.807) is 4.90 Å². The Morgan fingerprint density at radius 3 is 2.46 bits per heavy atom. The molecule has 5 heteroatoms. The van der Waals surface area contributed by atoms with Crippen molar-refractivity contribution in [2.24, 2.45) is 0 Å². The van der Waals surface area contributed by atoms with Gasteiger partial charge in [-0.05, 0) is 0 Å². The predicted molar refractivity (Wildman–Crippen MR) is 44.3 cm³/mol. The van der Waals surface area contributed by atoms with E-state index < -0.39 is 12.1 Å². The molecule has 0 spiro atoms. The molecular weight excluding hydrogens is 174 g/mol. The smallest absolute Gasteiger partial charge is 0.333 e. The summed E-state index contributed by atoms with van der Waals surface area (Å²) in [6.45, 7) is 1.23. The van der Waals surface area contributed by atoms with Crippen LogP contribution in [0.2, 0.25) is 0 Å². The maximum atomic E-state index is 10.8. The first-order valence-electron chi connectivity index (χ1n) is 4.24. The normalized spacial score (nSPS) is 21.5. The molecular formula is C8H13NO4. The molecule has 0 saturated carbocycles. The summed E-state index contributed by atoms with van der Waals surface area (Å²) in [6.07, 6.45) is -0.410. The van der Waals surface area contributed by atoms with Crippen LogP contribution in [0.4, 0.5) is 0 Å². The number of aliphatic hydroxyl groups is 1. The van der Waals surface area contributed by atoms with Crippen molar-refractivity contribution in [2.75, 3.05) is 19.6 Å². The summed E-state index contributed by atoms with van der Waals surface area (Å²) in [6, 6.07) is 0. The topological polar surface area (TPSA) is 77.8 Å². The number of carbonyl (C=O) groups is 2. The lowest BCUT2D eigenvalue weighted by atomic mass is 10.1. The van der Waals surface area contributed by atoms with Crippen molar-refractivity contribution in [3.8, 4) is 0 Å². The van der Waals surface area contributed by atoms with Crippen LogP contribution in [0.1, 0.15) is 12.8 Å². The van der Waals surface area contributed by atoms with Crippen LogP contribution in [0, 0.1) is 0 Å². The number of rotatable bonds is 3. The monoisotopic (exact) mass is 187 g/mol. The van der Waals surface area contributed by atoms with E-state index in [1.165, 1.54) is 0 Å². The second-order valence-electron chi connectivity index (χ2n) is 3.19. The van der Waals surface area contributed by atoms with Gasteiger partial charge in [-0.15, -0.1) is 0 Å². The molecule has 1 saturated heterocycles. The summed E-state index contributed by atoms with van der Waals surface area (Å²) < 4.78 is 0. The third-order valence-corrected chi connectivity index (χ3v) is 2.13. The molecule has 1 atom stereocenters. The maximum Gasteiger partial charge on any atom is 0.333 e. The molecule has 0 amide bonds. The Morgan fingerprint density at radius 2 is 2.00 bits per heavy atom. The quantitative estimate of drug-likeness (QED) is 0.598. The number of piperidine rings is 1. The number of carbonyl (C=O) groups excluding carboxylic acids is 1. The first kappa shape index (κ1) is 10.1. The van der Waals surface area contributed by atoms with Crippen molar-refractivity contribution in [3.63, 3.8) is 0 Å². The summed E-state index contributed by atoms with van der Waals surface area (Å²) in [5, 5.41) is 17.4. The minimum atomic E-state index is -1.34. The minimum Gasteiger partial charge on any atom is -0.479 e. The van der Waals surface area contributed by atoms with Crippen LogP contribution in [0.5, 0.6) is 0 Å². The van der Waals surface area contributed by atoms with Crippen LogP contribution < -0.4 is 0 Å². The first-order valence-corrected chi connectivity index (χ1v) is 4.24. The number of β-amino-alcohol motifs (C(OH)–C–C–N with tert-alkyl or cyclic N) is 1. The number of hydrogen-bond donors (Lipinski definition) is 2. The Kier molecular flexibility index (Phi) is 3.39. The third-order valence-electron chi connectivity index (χ3n) is 2.13. The number of carboxylic acid groups (broad SMARTS) is 1. The number of hydrogen-bond acceptors (Lipinski definition) is 4. The van der Waals surface area contributed by atoms with Gasteiger partial charge < -0.3 is 10.2 Å². The van der Waals surface area contributed by atoms with Crippen molar-refractivity contribution in [1.29, 1.82) is 0 Å². The van der Waals surface area contributed by atoms with Crippen LogP contribution in [-0.2, 0) is 9.59 Å². The highest BCUT2D eigenvalue weighted by molar-refractivity contribution is 5.79. The first-order chi connectivity index (χ1) is 6.09. The molecule has 1 heterocycles. The standard InChI is InChI=1S/C8H13NO4/c10-6-1-3-9(4-2-6)5-7(11)8(12)13/h7,11H,1-5H2,(H,12,13). The summed E-state index contributed by atoms with van der Waals surface area (Å²) >= 11 is 0. The van der Waals surface area contributed by atoms with Crippen molar-refractivity contribution in [2.45, 2.75) is 18.9 Å². The highest BCUT2D eigenvalue weighted by Crippen LogP contribution is 2.05. The van der Waals surface area contributed by atoms with Crippen LogP contribution in [0.3, 0.4) is 0 Å². The molecule has 2 N–H and O–H groups in total. The molecule has 1 unspecified atom stereocenters. The number of likely N-dealkylation sites (tertiary alicyclic amines) is 1. The molecule has 1 fully saturated rings. The summed E-state index contributed by atoms with van der Waals surface area (Å²) in [5.74, 6) is -1.00. The van der Waals surface area contributed by atoms with E-state index in [0.717, 1.165) is 0 Å². The van der Waals surface area contributed by atoms with E-state index in [0.29, 0.717) is 25.9 Å². The van der Waals surface area contributed by atoms with Gasteiger partial charge in [-0.2, -0.15) is 0 Å². The average molecular weight is 187 g/mol. The highest BCUT2D eigenvalue weighted by atomic mass is 16.4. The van der Waals surface area contributed by atoms with Crippen molar-refractivity contribution in [3.05, 3.63) is 0 Å². The largest absolute Gasteiger partial charge is 0.479 e. The van der Waals surface area contributed by atoms with Crippen LogP contribution in [-0.4, -0.2) is 52.6 Å². The average Bonchev–Trinajstić information content (AvgIpc) is 2.08. The zero-order valence-electron chi connectivity index (χ0n) is 7.27. The summed E-state index contributed by atoms with van der Waals surface area (Å²) in [4.78, 5) is 22.9. The van der Waals surface area contributed by atoms with Crippen molar-refractivity contribution >= 4 is 11.8 Å². The molecule has 1 aliphatic rings. The molecule has 1 aliphatic heterocycles. The highest BCUT2D eigenvalue weighted by Gasteiger charge is 2.21. The number of aliphatic carboxylic acids is 1. The second-order valence-corrected chi connectivity index (χ2v) is 3.19. The molecule has 74 valence electrons. The van der Waals surface area contributed by atoms with Gasteiger partial charge in [0.15, 0.2) is 6.10 Å². The van der Waals surface area contributed by atoms with E-state index in [-0.39, 0.29) is 12.3 Å². The molecule has 0 aromatic carbocycles. The molecule has 0 radical (unpaired) electrons. The Morgan fingerprint density at radius 1 is 1.46 bits per heavy atom. The molecule has 13 heavy (non-hydrogen) atoms. The zero-order chi connectivity index (χ0) is 9.84. The van der Waals surface area contributed by atoms with Crippen molar-refractivity contribution < 1.29 is 19.8 Å². The SMILES string of the molecule is O=C1CCN(CC(O)C(=O)O)CC1. The Labute approximate surface area is 76.0 Å². The van der Waals surface area contributed by atoms with E-state index in [2.05, 4.69) is 0 Å². The van der Waals surface area contributed by atoms with E-state index in [1.807, 2.05) is 0 Å². The van der Waals surface area contributed by atoms with Gasteiger partial charge in [0.2, 0.25) is 0 Å². The van der Waals surface area contributed by atoms with Gasteiger partial charge in [-0.3, -0.25) is 9.69 Å². The lowest BCUT2D eigenvalue weighted by Crippen LogP contribution is -2.41. The van der Waals surface area contributed by atoms with Gasteiger partial charge in [0.1, 0.15) is 5.78 Å². The number of ketones is 1. The molecule has 0 bridgehead atoms. The van der Waals surface area contributed by atoms with Gasteiger partial charge in [-0.25, -0.2) is 4.79 Å². The van der Waals surface area contributed by atoms with Gasteiger partial charge in [-0.1, -0.05) is 0 Å². The summed E-state index contributed by atoms with van der Waals surface area (Å²) in [5.41, 5.74) is 0.